The molecule has 2 aromatic heterocycles. The summed E-state index contributed by atoms with van der Waals surface area (Å²) < 4.78 is 8.68. The molecule has 0 bridgehead atoms. The average molecular weight is 390 g/mol. The minimum Gasteiger partial charge on any atom is -0.378 e. The van der Waals surface area contributed by atoms with E-state index in [1.165, 1.54) is 10.9 Å². The first-order valence-corrected chi connectivity index (χ1v) is 9.40. The molecular weight excluding hydrogens is 370 g/mol. The van der Waals surface area contributed by atoms with Crippen molar-refractivity contribution < 1.29 is 9.53 Å². The van der Waals surface area contributed by atoms with Crippen molar-refractivity contribution >= 4 is 23.3 Å². The van der Waals surface area contributed by atoms with Gasteiger partial charge in [0.1, 0.15) is 22.5 Å². The molecule has 4 heterocycles. The molecule has 1 saturated heterocycles. The van der Waals surface area contributed by atoms with Gasteiger partial charge in [-0.05, 0) is 19.3 Å². The summed E-state index contributed by atoms with van der Waals surface area (Å²) in [6, 6.07) is 2.10. The summed E-state index contributed by atoms with van der Waals surface area (Å²) in [6.07, 6.45) is 4.46. The van der Waals surface area contributed by atoms with E-state index in [0.717, 1.165) is 31.5 Å². The first kappa shape index (κ1) is 17.8. The molecule has 2 aliphatic rings. The van der Waals surface area contributed by atoms with Gasteiger partial charge in [0.15, 0.2) is 5.82 Å². The topological polar surface area (TPSA) is 101 Å². The number of carbonyl (C=O) groups excluding carboxylic acids is 1. The van der Waals surface area contributed by atoms with E-state index in [0.29, 0.717) is 48.5 Å². The number of carbonyl (C=O) groups is 1. The third-order valence-corrected chi connectivity index (χ3v) is 5.26. The monoisotopic (exact) mass is 389 g/mol. The van der Waals surface area contributed by atoms with Gasteiger partial charge >= 0.3 is 0 Å². The molecule has 0 aliphatic carbocycles. The molecule has 9 nitrogen and oxygen atoms in total. The zero-order valence-corrected chi connectivity index (χ0v) is 15.6. The summed E-state index contributed by atoms with van der Waals surface area (Å²) in [5.74, 6) is 0.859. The highest BCUT2D eigenvalue weighted by molar-refractivity contribution is 6.32. The van der Waals surface area contributed by atoms with Crippen LogP contribution in [0.5, 0.6) is 0 Å². The van der Waals surface area contributed by atoms with Gasteiger partial charge in [-0.2, -0.15) is 20.1 Å². The highest BCUT2D eigenvalue weighted by Gasteiger charge is 2.24. The number of morpholine rings is 1. The van der Waals surface area contributed by atoms with E-state index < -0.39 is 0 Å². The Bertz CT molecular complexity index is 892. The van der Waals surface area contributed by atoms with E-state index in [1.807, 2.05) is 4.68 Å². The van der Waals surface area contributed by atoms with Crippen LogP contribution < -0.4 is 5.32 Å². The molecule has 4 rings (SSSR count). The van der Waals surface area contributed by atoms with Crippen LogP contribution in [0.25, 0.3) is 5.82 Å². The van der Waals surface area contributed by atoms with Crippen LogP contribution in [-0.4, -0.2) is 63.2 Å². The predicted molar refractivity (Wildman–Crippen MR) is 97.9 cm³/mol. The van der Waals surface area contributed by atoms with Crippen LogP contribution in [0.1, 0.15) is 24.1 Å². The second kappa shape index (κ2) is 7.58. The number of hydrogen-bond acceptors (Lipinski definition) is 6. The van der Waals surface area contributed by atoms with Crippen LogP contribution in [0.15, 0.2) is 6.20 Å². The number of amides is 1. The molecule has 10 heteroatoms. The molecule has 0 radical (unpaired) electrons. The van der Waals surface area contributed by atoms with Crippen molar-refractivity contribution in [2.75, 3.05) is 38.2 Å². The minimum atomic E-state index is -0.0508. The van der Waals surface area contributed by atoms with Gasteiger partial charge in [0.05, 0.1) is 31.6 Å². The average Bonchev–Trinajstić information content (AvgIpc) is 3.27. The van der Waals surface area contributed by atoms with Crippen molar-refractivity contribution in [1.29, 1.82) is 5.26 Å². The van der Waals surface area contributed by atoms with E-state index in [1.54, 1.807) is 4.90 Å². The molecule has 0 saturated carbocycles. The number of halogens is 1. The maximum absolute atomic E-state index is 12.4. The quantitative estimate of drug-likeness (QED) is 0.843. The second-order valence-corrected chi connectivity index (χ2v) is 6.92. The Morgan fingerprint density at radius 1 is 1.33 bits per heavy atom. The number of nitrogens with one attached hydrogen (secondary N) is 1. The number of anilines is 1. The first-order valence-electron chi connectivity index (χ1n) is 9.02. The smallest absolute Gasteiger partial charge is 0.242 e. The molecule has 0 atom stereocenters. The van der Waals surface area contributed by atoms with E-state index >= 15 is 0 Å². The van der Waals surface area contributed by atoms with E-state index in [-0.39, 0.29) is 12.5 Å². The Morgan fingerprint density at radius 3 is 2.89 bits per heavy atom. The Balaban J connectivity index is 1.58. The van der Waals surface area contributed by atoms with Crippen LogP contribution in [0, 0.1) is 11.3 Å². The van der Waals surface area contributed by atoms with Gasteiger partial charge in [-0.1, -0.05) is 11.6 Å². The highest BCUT2D eigenvalue weighted by atomic mass is 35.5. The lowest BCUT2D eigenvalue weighted by Gasteiger charge is -2.27. The molecule has 1 N–H and O–H groups in total. The highest BCUT2D eigenvalue weighted by Crippen LogP contribution is 2.30. The van der Waals surface area contributed by atoms with Crippen molar-refractivity contribution in [1.82, 2.24) is 24.5 Å². The number of nitrogens with zero attached hydrogens (tertiary/aromatic N) is 6. The van der Waals surface area contributed by atoms with Gasteiger partial charge in [0, 0.05) is 19.6 Å². The van der Waals surface area contributed by atoms with Gasteiger partial charge in [-0.15, -0.1) is 0 Å². The molecule has 1 fully saturated rings. The van der Waals surface area contributed by atoms with Gasteiger partial charge in [0.25, 0.3) is 0 Å². The van der Waals surface area contributed by atoms with E-state index in [2.05, 4.69) is 21.6 Å². The van der Waals surface area contributed by atoms with Crippen LogP contribution in [-0.2, 0) is 22.5 Å². The summed E-state index contributed by atoms with van der Waals surface area (Å²) in [6.45, 7) is 3.12. The third kappa shape index (κ3) is 3.38. The van der Waals surface area contributed by atoms with Crippen molar-refractivity contribution in [3.63, 3.8) is 0 Å². The molecule has 142 valence electrons. The Labute approximate surface area is 161 Å². The Kier molecular flexibility index (Phi) is 5.01. The van der Waals surface area contributed by atoms with Gasteiger partial charge in [-0.25, -0.2) is 0 Å². The van der Waals surface area contributed by atoms with Crippen LogP contribution in [0.2, 0.25) is 5.02 Å². The summed E-state index contributed by atoms with van der Waals surface area (Å²) >= 11 is 6.54. The Morgan fingerprint density at radius 2 is 2.15 bits per heavy atom. The summed E-state index contributed by atoms with van der Waals surface area (Å²) in [5.41, 5.74) is 1.33. The number of hydrogen-bond donors (Lipinski definition) is 1. The number of ether oxygens (including phenoxy) is 1. The Hall–Kier alpha value is -2.57. The zero-order chi connectivity index (χ0) is 18.8. The maximum Gasteiger partial charge on any atom is 0.242 e. The lowest BCUT2D eigenvalue weighted by molar-refractivity contribution is -0.133. The summed E-state index contributed by atoms with van der Waals surface area (Å²) in [4.78, 5) is 14.2. The number of nitriles is 1. The van der Waals surface area contributed by atoms with E-state index in [4.69, 9.17) is 16.3 Å². The fourth-order valence-electron chi connectivity index (χ4n) is 3.42. The van der Waals surface area contributed by atoms with Crippen molar-refractivity contribution in [2.24, 2.45) is 0 Å². The SMILES string of the molecule is N#Cc1cnn(-c2nn3c(c2Cl)CCCC3)c1NCC(=O)N1CCOCC1. The zero-order valence-electron chi connectivity index (χ0n) is 14.8. The molecular formula is C17H20ClN7O2. The van der Waals surface area contributed by atoms with Crippen molar-refractivity contribution in [3.8, 4) is 11.9 Å². The fraction of sp³-hybridized carbons (Fsp3) is 0.529. The van der Waals surface area contributed by atoms with E-state index in [9.17, 15) is 10.1 Å². The van der Waals surface area contributed by atoms with Crippen LogP contribution >= 0.6 is 11.6 Å². The summed E-state index contributed by atoms with van der Waals surface area (Å²) in [7, 11) is 0. The number of fused-ring (bicyclic) bond motifs is 1. The predicted octanol–water partition coefficient (Wildman–Crippen LogP) is 1.20. The van der Waals surface area contributed by atoms with Gasteiger partial charge in [-0.3, -0.25) is 9.48 Å². The molecule has 2 aliphatic heterocycles. The van der Waals surface area contributed by atoms with Gasteiger partial charge in [0.2, 0.25) is 5.91 Å². The number of rotatable bonds is 4. The second-order valence-electron chi connectivity index (χ2n) is 6.54. The third-order valence-electron chi connectivity index (χ3n) is 4.87. The molecule has 0 unspecified atom stereocenters. The van der Waals surface area contributed by atoms with Crippen molar-refractivity contribution in [3.05, 3.63) is 22.5 Å². The number of aromatic nitrogens is 4. The lowest BCUT2D eigenvalue weighted by Crippen LogP contribution is -2.43. The van der Waals surface area contributed by atoms with Crippen molar-refractivity contribution in [2.45, 2.75) is 25.8 Å². The molecule has 1 amide bonds. The number of aryl methyl sites for hydroxylation is 1. The van der Waals surface area contributed by atoms with Crippen LogP contribution in [0.4, 0.5) is 5.82 Å². The molecule has 27 heavy (non-hydrogen) atoms. The summed E-state index contributed by atoms with van der Waals surface area (Å²) in [5, 5.41) is 21.9. The first-order chi connectivity index (χ1) is 13.2. The normalized spacial score (nSPS) is 16.7. The standard InChI is InChI=1S/C17H20ClN7O2/c18-15-13-3-1-2-4-24(13)22-17(15)25-16(12(9-19)10-21-25)20-11-14(26)23-5-7-27-8-6-23/h10,20H,1-8,11H2. The molecule has 0 spiro atoms. The van der Waals surface area contributed by atoms with Crippen LogP contribution in [0.3, 0.4) is 0 Å². The maximum atomic E-state index is 12.4. The molecule has 0 aromatic carbocycles. The largest absolute Gasteiger partial charge is 0.378 e. The fourth-order valence-corrected chi connectivity index (χ4v) is 3.73. The molecule has 2 aromatic rings. The lowest BCUT2D eigenvalue weighted by atomic mass is 10.1. The minimum absolute atomic E-state index is 0.0508. The van der Waals surface area contributed by atoms with Gasteiger partial charge < -0.3 is 15.0 Å².